The maximum Gasteiger partial charge on any atom is 0.262 e. The molecular weight excluding hydrogens is 170 g/mol. The summed E-state index contributed by atoms with van der Waals surface area (Å²) in [5, 5.41) is 0. The van der Waals surface area contributed by atoms with Gasteiger partial charge in [-0.25, -0.2) is 4.98 Å². The lowest BCUT2D eigenvalue weighted by atomic mass is 10.5. The monoisotopic (exact) mass is 175 g/mol. The van der Waals surface area contributed by atoms with E-state index < -0.39 is 5.91 Å². The lowest BCUT2D eigenvalue weighted by molar-refractivity contribution is 0.100. The van der Waals surface area contributed by atoms with Gasteiger partial charge in [0.15, 0.2) is 0 Å². The molecule has 1 aromatic rings. The van der Waals surface area contributed by atoms with Crippen molar-refractivity contribution in [3.8, 4) is 0 Å². The zero-order chi connectivity index (χ0) is 7.72. The number of nitrogen functional groups attached to an aromatic ring is 1. The topological polar surface area (TPSA) is 82.0 Å². The quantitative estimate of drug-likeness (QED) is 0.530. The highest BCUT2D eigenvalue weighted by atomic mass is 32.2. The van der Waals surface area contributed by atoms with Crippen molar-refractivity contribution in [2.45, 2.75) is 4.34 Å². The minimum Gasteiger partial charge on any atom is -0.382 e. The predicted octanol–water partition coefficient (Wildman–Crippen LogP) is 0.113. The van der Waals surface area contributed by atoms with Crippen molar-refractivity contribution in [1.82, 2.24) is 4.98 Å². The summed E-state index contributed by atoms with van der Waals surface area (Å²) in [6.07, 6.45) is 0. The Balaban J connectivity index is 3.15. The third kappa shape index (κ3) is 1.22. The number of amides is 1. The lowest BCUT2D eigenvalue weighted by Gasteiger charge is -1.85. The molecule has 0 fully saturated rings. The molecule has 54 valence electrons. The zero-order valence-electron chi connectivity index (χ0n) is 4.87. The van der Waals surface area contributed by atoms with E-state index in [1.54, 1.807) is 0 Å². The van der Waals surface area contributed by atoms with Gasteiger partial charge in [0.25, 0.3) is 5.91 Å². The smallest absolute Gasteiger partial charge is 0.262 e. The lowest BCUT2D eigenvalue weighted by Crippen LogP contribution is -2.10. The summed E-state index contributed by atoms with van der Waals surface area (Å²) >= 11 is 4.97. The molecule has 1 aromatic heterocycles. The van der Waals surface area contributed by atoms with Crippen molar-refractivity contribution >= 4 is 35.7 Å². The molecule has 0 aliphatic rings. The summed E-state index contributed by atoms with van der Waals surface area (Å²) in [4.78, 5) is 14.5. The van der Waals surface area contributed by atoms with Gasteiger partial charge in [0.1, 0.15) is 15.0 Å². The van der Waals surface area contributed by atoms with Crippen LogP contribution < -0.4 is 11.5 Å². The van der Waals surface area contributed by atoms with Gasteiger partial charge in [-0.1, -0.05) is 0 Å². The highest BCUT2D eigenvalue weighted by Gasteiger charge is 2.10. The first-order valence-corrected chi connectivity index (χ1v) is 3.62. The fourth-order valence-electron chi connectivity index (χ4n) is 0.497. The van der Waals surface area contributed by atoms with E-state index in [0.29, 0.717) is 4.34 Å². The second kappa shape index (κ2) is 2.47. The van der Waals surface area contributed by atoms with Gasteiger partial charge in [0, 0.05) is 0 Å². The summed E-state index contributed by atoms with van der Waals surface area (Å²) in [6, 6.07) is 0. The summed E-state index contributed by atoms with van der Waals surface area (Å²) in [6.45, 7) is 0. The fourth-order valence-corrected chi connectivity index (χ4v) is 1.46. The molecule has 10 heavy (non-hydrogen) atoms. The van der Waals surface area contributed by atoms with Gasteiger partial charge in [-0.05, 0) is 0 Å². The standard InChI is InChI=1S/C4H5N3OS2/c5-2-1(3(6)8)10-4(9)7-2/h5H2,(H2,6,8)(H,7,9). The number of nitrogens with zero attached hydrogens (tertiary/aromatic N) is 1. The number of nitrogens with two attached hydrogens (primary N) is 2. The maximum atomic E-state index is 10.5. The first kappa shape index (κ1) is 7.36. The normalized spacial score (nSPS) is 9.70. The molecule has 1 heterocycles. The van der Waals surface area contributed by atoms with Crippen molar-refractivity contribution in [3.63, 3.8) is 0 Å². The molecule has 0 unspecified atom stereocenters. The van der Waals surface area contributed by atoms with E-state index in [4.69, 9.17) is 11.5 Å². The van der Waals surface area contributed by atoms with Gasteiger partial charge in [-0.15, -0.1) is 24.0 Å². The van der Waals surface area contributed by atoms with Gasteiger partial charge < -0.3 is 11.5 Å². The number of hydrogen-bond donors (Lipinski definition) is 3. The molecule has 4 N–H and O–H groups in total. The maximum absolute atomic E-state index is 10.5. The molecule has 0 radical (unpaired) electrons. The SMILES string of the molecule is NC(=O)c1sc(S)nc1N. The molecule has 0 aliphatic heterocycles. The van der Waals surface area contributed by atoms with Crippen molar-refractivity contribution in [1.29, 1.82) is 0 Å². The number of thiazole rings is 1. The van der Waals surface area contributed by atoms with Gasteiger partial charge in [-0.2, -0.15) is 0 Å². The Morgan fingerprint density at radius 1 is 1.70 bits per heavy atom. The van der Waals surface area contributed by atoms with Crippen LogP contribution in [0.4, 0.5) is 5.82 Å². The van der Waals surface area contributed by atoms with Crippen LogP contribution in [0.25, 0.3) is 0 Å². The van der Waals surface area contributed by atoms with E-state index in [1.807, 2.05) is 0 Å². The molecule has 1 rings (SSSR count). The number of rotatable bonds is 1. The van der Waals surface area contributed by atoms with Crippen LogP contribution >= 0.6 is 24.0 Å². The molecule has 1 amide bonds. The zero-order valence-corrected chi connectivity index (χ0v) is 6.58. The Hall–Kier alpha value is -0.750. The number of carbonyl (C=O) groups excluding carboxylic acids is 1. The van der Waals surface area contributed by atoms with Crippen LogP contribution in [-0.4, -0.2) is 10.9 Å². The van der Waals surface area contributed by atoms with Crippen LogP contribution in [0.5, 0.6) is 0 Å². The van der Waals surface area contributed by atoms with Crippen LogP contribution in [0.3, 0.4) is 0 Å². The van der Waals surface area contributed by atoms with Crippen LogP contribution in [0.2, 0.25) is 0 Å². The third-order valence-electron chi connectivity index (χ3n) is 0.866. The minimum absolute atomic E-state index is 0.155. The van der Waals surface area contributed by atoms with Crippen molar-refractivity contribution in [2.24, 2.45) is 5.73 Å². The van der Waals surface area contributed by atoms with E-state index in [1.165, 1.54) is 0 Å². The number of carbonyl (C=O) groups is 1. The van der Waals surface area contributed by atoms with Crippen molar-refractivity contribution in [2.75, 3.05) is 5.73 Å². The largest absolute Gasteiger partial charge is 0.382 e. The highest BCUT2D eigenvalue weighted by molar-refractivity contribution is 7.82. The summed E-state index contributed by atoms with van der Waals surface area (Å²) in [7, 11) is 0. The van der Waals surface area contributed by atoms with Gasteiger partial charge in [0.2, 0.25) is 0 Å². The molecule has 0 atom stereocenters. The minimum atomic E-state index is -0.560. The summed E-state index contributed by atoms with van der Waals surface area (Å²) in [5.74, 6) is -0.405. The molecule has 6 heteroatoms. The molecule has 0 spiro atoms. The van der Waals surface area contributed by atoms with Crippen LogP contribution in [0, 0.1) is 0 Å². The van der Waals surface area contributed by atoms with E-state index in [9.17, 15) is 4.79 Å². The van der Waals surface area contributed by atoms with Crippen molar-refractivity contribution < 1.29 is 4.79 Å². The Labute approximate surface area is 66.7 Å². The summed E-state index contributed by atoms with van der Waals surface area (Å²) < 4.78 is 0.450. The van der Waals surface area contributed by atoms with Crippen LogP contribution in [-0.2, 0) is 0 Å². The molecule has 0 aromatic carbocycles. The second-order valence-corrected chi connectivity index (χ2v) is 3.30. The van der Waals surface area contributed by atoms with E-state index in [2.05, 4.69) is 17.6 Å². The molecule has 0 saturated carbocycles. The fraction of sp³-hybridized carbons (Fsp3) is 0. The van der Waals surface area contributed by atoms with Crippen LogP contribution in [0.15, 0.2) is 4.34 Å². The molecule has 4 nitrogen and oxygen atoms in total. The number of primary amides is 1. The van der Waals surface area contributed by atoms with Crippen LogP contribution in [0.1, 0.15) is 9.67 Å². The molecule has 0 bridgehead atoms. The Morgan fingerprint density at radius 2 is 2.30 bits per heavy atom. The van der Waals surface area contributed by atoms with Crippen molar-refractivity contribution in [3.05, 3.63) is 4.88 Å². The highest BCUT2D eigenvalue weighted by Crippen LogP contribution is 2.21. The Bertz CT molecular complexity index is 269. The number of thiol groups is 1. The second-order valence-electron chi connectivity index (χ2n) is 1.58. The Kier molecular flexibility index (Phi) is 1.82. The Morgan fingerprint density at radius 3 is 2.50 bits per heavy atom. The molecule has 0 saturated heterocycles. The first-order valence-electron chi connectivity index (χ1n) is 2.36. The van der Waals surface area contributed by atoms with E-state index >= 15 is 0 Å². The average molecular weight is 175 g/mol. The number of anilines is 1. The average Bonchev–Trinajstić information content (AvgIpc) is 2.10. The first-order chi connectivity index (χ1) is 4.61. The molecule has 0 aliphatic carbocycles. The van der Waals surface area contributed by atoms with E-state index in [0.717, 1.165) is 11.3 Å². The van der Waals surface area contributed by atoms with Gasteiger partial charge in [0.05, 0.1) is 0 Å². The number of aromatic nitrogens is 1. The number of hydrogen-bond acceptors (Lipinski definition) is 5. The third-order valence-corrected chi connectivity index (χ3v) is 2.13. The predicted molar refractivity (Wildman–Crippen MR) is 42.3 cm³/mol. The van der Waals surface area contributed by atoms with E-state index in [-0.39, 0.29) is 10.7 Å². The van der Waals surface area contributed by atoms with Gasteiger partial charge >= 0.3 is 0 Å². The van der Waals surface area contributed by atoms with Gasteiger partial charge in [-0.3, -0.25) is 4.79 Å². The summed E-state index contributed by atoms with van der Waals surface area (Å²) in [5.41, 5.74) is 10.2. The molecular formula is C4H5N3OS2.